The summed E-state index contributed by atoms with van der Waals surface area (Å²) in [5.41, 5.74) is 0. The summed E-state index contributed by atoms with van der Waals surface area (Å²) >= 11 is -3.79. The molecule has 0 rings (SSSR count). The summed E-state index contributed by atoms with van der Waals surface area (Å²) in [6, 6.07) is 0. The quantitative estimate of drug-likeness (QED) is 0.354. The Morgan fingerprint density at radius 3 is 1.50 bits per heavy atom. The Morgan fingerprint density at radius 2 is 1.50 bits per heavy atom. The minimum absolute atomic E-state index is 0.806. The molecule has 0 aliphatic carbocycles. The summed E-state index contributed by atoms with van der Waals surface area (Å²) < 4.78 is 23.3. The summed E-state index contributed by atoms with van der Waals surface area (Å²) in [6.07, 6.45) is 0. The Balaban J connectivity index is 0. The zero-order valence-electron chi connectivity index (χ0n) is 3.38. The summed E-state index contributed by atoms with van der Waals surface area (Å²) in [5, 5.41) is 4.64. The van der Waals surface area contributed by atoms with Crippen LogP contribution in [0.15, 0.2) is 0 Å². The van der Waals surface area contributed by atoms with Crippen molar-refractivity contribution in [3.8, 4) is 0 Å². The van der Waals surface area contributed by atoms with Gasteiger partial charge in [-0.05, 0) is 0 Å². The number of hydrogen-bond donors (Lipinski definition) is 3. The molecule has 0 aliphatic heterocycles. The minimum atomic E-state index is -3.79. The molecular weight excluding hydrogens is 181 g/mol. The van der Waals surface area contributed by atoms with E-state index in [1.807, 2.05) is 0 Å². The fraction of sp³-hybridized carbons (Fsp3) is 0. The number of nitrogens with two attached hydrogens (primary N) is 1. The van der Waals surface area contributed by atoms with E-state index in [-0.39, 0.29) is 0 Å². The van der Waals surface area contributed by atoms with Crippen molar-refractivity contribution >= 4 is 10.4 Å². The van der Waals surface area contributed by atoms with Crippen LogP contribution in [0.5, 0.6) is 0 Å². The SMILES string of the molecule is N[SiH3].[O]=[Zr]([OH])[OH]. The monoisotopic (exact) mass is 187 g/mol. The maximum absolute atomic E-state index is 8.84. The molecule has 0 radical (unpaired) electrons. The van der Waals surface area contributed by atoms with E-state index in [1.54, 1.807) is 0 Å². The Kier molecular flexibility index (Phi) is 15.3. The third kappa shape index (κ3) is 112. The van der Waals surface area contributed by atoms with Gasteiger partial charge in [-0.15, -0.1) is 0 Å². The predicted molar refractivity (Wildman–Crippen MR) is 19.3 cm³/mol. The third-order valence-electron chi connectivity index (χ3n) is 0. The molecule has 0 atom stereocenters. The second-order valence-electron chi connectivity index (χ2n) is 0.283. The summed E-state index contributed by atoms with van der Waals surface area (Å²) in [5.74, 6) is 0. The molecule has 0 spiro atoms. The van der Waals surface area contributed by atoms with Gasteiger partial charge in [0.25, 0.3) is 0 Å². The van der Waals surface area contributed by atoms with Crippen molar-refractivity contribution in [2.75, 3.05) is 0 Å². The third-order valence-corrected chi connectivity index (χ3v) is 0. The molecule has 0 bridgehead atoms. The van der Waals surface area contributed by atoms with E-state index >= 15 is 0 Å². The molecule has 0 aromatic rings. The van der Waals surface area contributed by atoms with Gasteiger partial charge < -0.3 is 5.40 Å². The molecule has 0 heterocycles. The van der Waals surface area contributed by atoms with Crippen LogP contribution < -0.4 is 5.40 Å². The van der Waals surface area contributed by atoms with E-state index in [1.165, 1.54) is 0 Å². The number of hydrogen-bond acceptors (Lipinski definition) is 2. The molecule has 0 saturated heterocycles. The Labute approximate surface area is 47.8 Å². The molecule has 0 fully saturated rings. The van der Waals surface area contributed by atoms with E-state index in [9.17, 15) is 0 Å². The molecule has 4 N–H and O–H groups in total. The first kappa shape index (κ1) is 9.91. The van der Waals surface area contributed by atoms with E-state index in [2.05, 4.69) is 5.40 Å². The molecule has 0 unspecified atom stereocenters. The average Bonchev–Trinajstić information content (AvgIpc) is 1.41. The first-order chi connectivity index (χ1) is 2.73. The van der Waals surface area contributed by atoms with Crippen LogP contribution in [0.1, 0.15) is 0 Å². The number of rotatable bonds is 0. The zero-order valence-corrected chi connectivity index (χ0v) is 7.84. The predicted octanol–water partition coefficient (Wildman–Crippen LogP) is -3.01. The second kappa shape index (κ2) is 9.24. The van der Waals surface area contributed by atoms with Gasteiger partial charge in [-0.3, -0.25) is 0 Å². The Morgan fingerprint density at radius 1 is 1.50 bits per heavy atom. The normalized spacial score (nSPS) is 5.83. The van der Waals surface area contributed by atoms with Gasteiger partial charge >= 0.3 is 31.8 Å². The van der Waals surface area contributed by atoms with Gasteiger partial charge in [0.1, 0.15) is 0 Å². The van der Waals surface area contributed by atoms with Crippen molar-refractivity contribution < 1.29 is 31.8 Å². The fourth-order valence-corrected chi connectivity index (χ4v) is 0. The summed E-state index contributed by atoms with van der Waals surface area (Å²) in [4.78, 5) is 0. The van der Waals surface area contributed by atoms with Crippen LogP contribution in [-0.2, 0) is 25.4 Å². The standard InChI is InChI=1S/H5NSi.2H2O.O.Zr/c1-2;;;;/h1H2,2H3;2*1H2;;/q;;;;+2/p-2. The van der Waals surface area contributed by atoms with E-state index in [0.717, 1.165) is 10.4 Å². The maximum atomic E-state index is 8.84. The van der Waals surface area contributed by atoms with E-state index < -0.39 is 22.6 Å². The summed E-state index contributed by atoms with van der Waals surface area (Å²) in [7, 11) is 0.806. The molecule has 0 aromatic heterocycles. The van der Waals surface area contributed by atoms with E-state index in [0.29, 0.717) is 0 Å². The Hall–Kier alpha value is 0.780. The molecule has 0 saturated carbocycles. The fourth-order valence-electron chi connectivity index (χ4n) is 0. The van der Waals surface area contributed by atoms with Gasteiger partial charge in [0.05, 0.1) is 10.4 Å². The molecule has 0 aromatic carbocycles. The van der Waals surface area contributed by atoms with Crippen LogP contribution in [0.25, 0.3) is 0 Å². The van der Waals surface area contributed by atoms with Crippen LogP contribution in [0.4, 0.5) is 0 Å². The van der Waals surface area contributed by atoms with Gasteiger partial charge in [0, 0.05) is 0 Å². The van der Waals surface area contributed by atoms with Gasteiger partial charge in [0.15, 0.2) is 0 Å². The second-order valence-corrected chi connectivity index (χ2v) is 1.67. The Bertz CT molecular complexity index is 33.8. The van der Waals surface area contributed by atoms with Gasteiger partial charge in [-0.25, -0.2) is 0 Å². The molecule has 6 heavy (non-hydrogen) atoms. The van der Waals surface area contributed by atoms with Crippen LogP contribution >= 0.6 is 0 Å². The van der Waals surface area contributed by atoms with Crippen molar-refractivity contribution in [1.29, 1.82) is 0 Å². The first-order valence-electron chi connectivity index (χ1n) is 1.23. The van der Waals surface area contributed by atoms with E-state index in [4.69, 9.17) is 9.18 Å². The molecule has 38 valence electrons. The van der Waals surface area contributed by atoms with Crippen molar-refractivity contribution in [2.45, 2.75) is 0 Å². The molecule has 0 aliphatic rings. The van der Waals surface area contributed by atoms with Crippen molar-refractivity contribution in [2.24, 2.45) is 5.40 Å². The van der Waals surface area contributed by atoms with Gasteiger partial charge in [-0.1, -0.05) is 0 Å². The molecular formula is H7NO3SiZr. The molecule has 6 heteroatoms. The van der Waals surface area contributed by atoms with Crippen LogP contribution in [0.3, 0.4) is 0 Å². The molecule has 4 nitrogen and oxygen atoms in total. The summed E-state index contributed by atoms with van der Waals surface area (Å²) in [6.45, 7) is 0. The van der Waals surface area contributed by atoms with Crippen molar-refractivity contribution in [1.82, 2.24) is 0 Å². The average molecular weight is 188 g/mol. The first-order valence-corrected chi connectivity index (χ1v) is 5.59. The van der Waals surface area contributed by atoms with Crippen molar-refractivity contribution in [3.63, 3.8) is 0 Å². The van der Waals surface area contributed by atoms with Crippen LogP contribution in [0, 0.1) is 0 Å². The van der Waals surface area contributed by atoms with Crippen LogP contribution in [0.2, 0.25) is 0 Å². The van der Waals surface area contributed by atoms with Crippen LogP contribution in [-0.4, -0.2) is 16.8 Å². The van der Waals surface area contributed by atoms with Gasteiger partial charge in [-0.2, -0.15) is 0 Å². The van der Waals surface area contributed by atoms with Crippen molar-refractivity contribution in [3.05, 3.63) is 0 Å². The zero-order chi connectivity index (χ0) is 5.58. The van der Waals surface area contributed by atoms with Gasteiger partial charge in [0.2, 0.25) is 0 Å². The molecule has 0 amide bonds. The topological polar surface area (TPSA) is 83.6 Å².